The first kappa shape index (κ1) is 24.6. The van der Waals surface area contributed by atoms with Gasteiger partial charge in [0, 0.05) is 11.6 Å². The molecule has 3 rings (SSSR count). The molecule has 34 heavy (non-hydrogen) atoms. The molecule has 0 bridgehead atoms. The fourth-order valence-electron chi connectivity index (χ4n) is 3.19. The summed E-state index contributed by atoms with van der Waals surface area (Å²) in [6.45, 7) is 1.01. The Morgan fingerprint density at radius 2 is 1.41 bits per heavy atom. The molecule has 3 aromatic rings. The highest BCUT2D eigenvalue weighted by molar-refractivity contribution is 6.10. The summed E-state index contributed by atoms with van der Waals surface area (Å²) in [5, 5.41) is 5.71. The van der Waals surface area contributed by atoms with Gasteiger partial charge >= 0.3 is 0 Å². The van der Waals surface area contributed by atoms with Crippen LogP contribution >= 0.6 is 0 Å². The molecule has 0 saturated heterocycles. The zero-order chi connectivity index (χ0) is 24.3. The lowest BCUT2D eigenvalue weighted by Crippen LogP contribution is -2.17. The van der Waals surface area contributed by atoms with Crippen LogP contribution in [0.25, 0.3) is 0 Å². The summed E-state index contributed by atoms with van der Waals surface area (Å²) in [5.41, 5.74) is 7.28. The molecule has 4 N–H and O–H groups in total. The van der Waals surface area contributed by atoms with Gasteiger partial charge in [-0.3, -0.25) is 9.59 Å². The van der Waals surface area contributed by atoms with Crippen LogP contribution in [0.15, 0.2) is 66.7 Å². The van der Waals surface area contributed by atoms with Crippen LogP contribution < -0.4 is 30.6 Å². The van der Waals surface area contributed by atoms with E-state index in [4.69, 9.17) is 19.9 Å². The molecular weight excluding hydrogens is 434 g/mol. The number of nitrogens with two attached hydrogens (primary N) is 1. The zero-order valence-corrected chi connectivity index (χ0v) is 19.3. The molecule has 0 heterocycles. The van der Waals surface area contributed by atoms with E-state index in [-0.39, 0.29) is 11.8 Å². The third kappa shape index (κ3) is 6.49. The molecule has 0 unspecified atom stereocenters. The van der Waals surface area contributed by atoms with Gasteiger partial charge in [0.25, 0.3) is 11.8 Å². The summed E-state index contributed by atoms with van der Waals surface area (Å²) in [5.74, 6) is 0.969. The van der Waals surface area contributed by atoms with E-state index in [0.29, 0.717) is 52.9 Å². The van der Waals surface area contributed by atoms with E-state index in [9.17, 15) is 9.59 Å². The predicted octanol–water partition coefficient (Wildman–Crippen LogP) is 4.33. The van der Waals surface area contributed by atoms with Crippen molar-refractivity contribution in [1.82, 2.24) is 0 Å². The lowest BCUT2D eigenvalue weighted by Gasteiger charge is -2.15. The Bertz CT molecular complexity index is 1120. The highest BCUT2D eigenvalue weighted by Crippen LogP contribution is 2.28. The van der Waals surface area contributed by atoms with E-state index >= 15 is 0 Å². The maximum atomic E-state index is 13.1. The third-order valence-corrected chi connectivity index (χ3v) is 5.07. The highest BCUT2D eigenvalue weighted by Gasteiger charge is 2.17. The van der Waals surface area contributed by atoms with Crippen molar-refractivity contribution in [2.75, 3.05) is 38.0 Å². The molecule has 0 aliphatic rings. The molecule has 0 atom stereocenters. The fraction of sp³-hybridized carbons (Fsp3) is 0.231. The molecule has 0 aliphatic carbocycles. The average Bonchev–Trinajstić information content (AvgIpc) is 2.87. The fourth-order valence-corrected chi connectivity index (χ4v) is 3.19. The number of rotatable bonds is 11. The second-order valence-corrected chi connectivity index (χ2v) is 7.39. The number of hydrogen-bond acceptors (Lipinski definition) is 6. The van der Waals surface area contributed by atoms with Crippen molar-refractivity contribution in [3.63, 3.8) is 0 Å². The first-order valence-corrected chi connectivity index (χ1v) is 10.9. The second kappa shape index (κ2) is 12.3. The molecule has 3 aromatic carbocycles. The van der Waals surface area contributed by atoms with E-state index in [0.717, 1.165) is 12.8 Å². The van der Waals surface area contributed by atoms with E-state index in [1.165, 1.54) is 0 Å². The summed E-state index contributed by atoms with van der Waals surface area (Å²) >= 11 is 0. The van der Waals surface area contributed by atoms with Crippen LogP contribution in [0, 0.1) is 0 Å². The number of ether oxygens (including phenoxy) is 3. The molecule has 0 saturated carbocycles. The molecule has 8 nitrogen and oxygen atoms in total. The van der Waals surface area contributed by atoms with Crippen molar-refractivity contribution in [3.05, 3.63) is 77.9 Å². The number of benzene rings is 3. The monoisotopic (exact) mass is 463 g/mol. The topological polar surface area (TPSA) is 112 Å². The normalized spacial score (nSPS) is 10.3. The summed E-state index contributed by atoms with van der Waals surface area (Å²) in [6.07, 6.45) is 1.60. The van der Waals surface area contributed by atoms with E-state index in [1.54, 1.807) is 80.9 Å². The van der Waals surface area contributed by atoms with Crippen LogP contribution in [-0.4, -0.2) is 39.2 Å². The SMILES string of the molecule is COc1ccc(C(=O)Nc2ccccc2NC(=O)c2ccc(OC)cc2OCCCCN)cc1. The minimum absolute atomic E-state index is 0.308. The molecular formula is C26H29N3O5. The number of methoxy groups -OCH3 is 2. The number of anilines is 2. The Balaban J connectivity index is 1.77. The van der Waals surface area contributed by atoms with Gasteiger partial charge in [-0.15, -0.1) is 0 Å². The maximum Gasteiger partial charge on any atom is 0.259 e. The van der Waals surface area contributed by atoms with Gasteiger partial charge in [-0.1, -0.05) is 12.1 Å². The Morgan fingerprint density at radius 3 is 2.03 bits per heavy atom. The number of nitrogens with one attached hydrogen (secondary N) is 2. The van der Waals surface area contributed by atoms with Gasteiger partial charge in [0.2, 0.25) is 0 Å². The van der Waals surface area contributed by atoms with Crippen LogP contribution in [0.5, 0.6) is 17.2 Å². The third-order valence-electron chi connectivity index (χ3n) is 5.07. The number of amides is 2. The Morgan fingerprint density at radius 1 is 0.794 bits per heavy atom. The molecule has 0 fully saturated rings. The molecule has 8 heteroatoms. The molecule has 2 amide bonds. The summed E-state index contributed by atoms with van der Waals surface area (Å²) in [7, 11) is 3.11. The summed E-state index contributed by atoms with van der Waals surface area (Å²) < 4.78 is 16.2. The number of para-hydroxylation sites is 2. The van der Waals surface area contributed by atoms with Crippen molar-refractivity contribution in [2.24, 2.45) is 5.73 Å². The Labute approximate surface area is 199 Å². The highest BCUT2D eigenvalue weighted by atomic mass is 16.5. The van der Waals surface area contributed by atoms with Gasteiger partial charge in [-0.2, -0.15) is 0 Å². The summed E-state index contributed by atoms with van der Waals surface area (Å²) in [4.78, 5) is 25.8. The Kier molecular flexibility index (Phi) is 8.88. The van der Waals surface area contributed by atoms with Gasteiger partial charge in [-0.05, 0) is 67.9 Å². The Hall–Kier alpha value is -4.04. The van der Waals surface area contributed by atoms with Crippen molar-refractivity contribution >= 4 is 23.2 Å². The largest absolute Gasteiger partial charge is 0.497 e. The van der Waals surface area contributed by atoms with Crippen molar-refractivity contribution in [2.45, 2.75) is 12.8 Å². The minimum Gasteiger partial charge on any atom is -0.497 e. The molecule has 178 valence electrons. The van der Waals surface area contributed by atoms with Gasteiger partial charge in [0.1, 0.15) is 17.2 Å². The standard InChI is InChI=1S/C26H29N3O5/c1-32-19-11-9-18(10-12-19)25(30)28-22-7-3-4-8-23(22)29-26(31)21-14-13-20(33-2)17-24(21)34-16-6-5-15-27/h3-4,7-14,17H,5-6,15-16,27H2,1-2H3,(H,28,30)(H,29,31). The van der Waals surface area contributed by atoms with Gasteiger partial charge in [0.15, 0.2) is 0 Å². The van der Waals surface area contributed by atoms with Crippen molar-refractivity contribution in [1.29, 1.82) is 0 Å². The van der Waals surface area contributed by atoms with Crippen LogP contribution in [0.4, 0.5) is 11.4 Å². The smallest absolute Gasteiger partial charge is 0.259 e. The van der Waals surface area contributed by atoms with Gasteiger partial charge in [0.05, 0.1) is 37.8 Å². The van der Waals surface area contributed by atoms with Crippen molar-refractivity contribution in [3.8, 4) is 17.2 Å². The first-order valence-electron chi connectivity index (χ1n) is 10.9. The van der Waals surface area contributed by atoms with Crippen LogP contribution in [0.3, 0.4) is 0 Å². The minimum atomic E-state index is -0.373. The van der Waals surface area contributed by atoms with Crippen LogP contribution in [0.1, 0.15) is 33.6 Å². The van der Waals surface area contributed by atoms with E-state index in [1.807, 2.05) is 0 Å². The van der Waals surface area contributed by atoms with E-state index in [2.05, 4.69) is 10.6 Å². The quantitative estimate of drug-likeness (QED) is 0.365. The first-order chi connectivity index (χ1) is 16.5. The lowest BCUT2D eigenvalue weighted by molar-refractivity contribution is 0.101. The molecule has 0 aromatic heterocycles. The predicted molar refractivity (Wildman–Crippen MR) is 132 cm³/mol. The van der Waals surface area contributed by atoms with Crippen molar-refractivity contribution < 1.29 is 23.8 Å². The molecule has 0 aliphatic heterocycles. The number of hydrogen-bond donors (Lipinski definition) is 3. The number of unbranched alkanes of at least 4 members (excludes halogenated alkanes) is 1. The number of carbonyl (C=O) groups is 2. The van der Waals surface area contributed by atoms with Gasteiger partial charge < -0.3 is 30.6 Å². The van der Waals surface area contributed by atoms with Crippen LogP contribution in [0.2, 0.25) is 0 Å². The molecule has 0 radical (unpaired) electrons. The zero-order valence-electron chi connectivity index (χ0n) is 19.3. The number of carbonyl (C=O) groups excluding carboxylic acids is 2. The van der Waals surface area contributed by atoms with Gasteiger partial charge in [-0.25, -0.2) is 0 Å². The summed E-state index contributed by atoms with van der Waals surface area (Å²) in [6, 6.07) is 18.8. The lowest BCUT2D eigenvalue weighted by atomic mass is 10.1. The maximum absolute atomic E-state index is 13.1. The van der Waals surface area contributed by atoms with Crippen LogP contribution in [-0.2, 0) is 0 Å². The van der Waals surface area contributed by atoms with E-state index < -0.39 is 0 Å². The average molecular weight is 464 g/mol. The molecule has 0 spiro atoms. The second-order valence-electron chi connectivity index (χ2n) is 7.39.